The van der Waals surface area contributed by atoms with Crippen LogP contribution in [-0.4, -0.2) is 64.4 Å². The summed E-state index contributed by atoms with van der Waals surface area (Å²) in [4.78, 5) is 44.3. The summed E-state index contributed by atoms with van der Waals surface area (Å²) in [7, 11) is 3.29. The second-order valence-electron chi connectivity index (χ2n) is 10.6. The minimum absolute atomic E-state index is 0.0530. The van der Waals surface area contributed by atoms with Crippen molar-refractivity contribution in [1.29, 1.82) is 5.41 Å². The Morgan fingerprint density at radius 3 is 2.40 bits per heavy atom. The van der Waals surface area contributed by atoms with Gasteiger partial charge in [-0.15, -0.1) is 0 Å². The number of likely N-dealkylation sites (tertiary alicyclic amines) is 1. The highest BCUT2D eigenvalue weighted by molar-refractivity contribution is 5.98. The Hall–Kier alpha value is -5.19. The zero-order valence-corrected chi connectivity index (χ0v) is 24.2. The van der Waals surface area contributed by atoms with Gasteiger partial charge in [-0.3, -0.25) is 10.2 Å². The highest BCUT2D eigenvalue weighted by Gasteiger charge is 2.25. The monoisotopic (exact) mass is 581 g/mol. The molecule has 11 heteroatoms. The van der Waals surface area contributed by atoms with Crippen molar-refractivity contribution in [2.24, 2.45) is 12.8 Å². The van der Waals surface area contributed by atoms with Gasteiger partial charge in [0, 0.05) is 49.4 Å². The second kappa shape index (κ2) is 12.8. The van der Waals surface area contributed by atoms with Gasteiger partial charge in [0.15, 0.2) is 0 Å². The average Bonchev–Trinajstić information content (AvgIpc) is 3.34. The molecule has 0 radical (unpaired) electrons. The van der Waals surface area contributed by atoms with Gasteiger partial charge >= 0.3 is 12.0 Å². The number of imidazole rings is 1. The first kappa shape index (κ1) is 29.3. The molecular formula is C32H35N7O4. The van der Waals surface area contributed by atoms with Crippen LogP contribution in [0.4, 0.5) is 10.5 Å². The standard InChI is InChI=1S/C32H35N7O4/c1-38-27-12-11-22(19-26(27)37-28(38)13-8-20-6-9-21(10-7-20)29(33)34)30(40)39-16-14-24(15-17-39)35-32(42)36-25-5-3-4-23(18-25)31(41)43-2/h3-7,9-12,18-19,24H,8,13-17H2,1-2H3,(H3,33,34)(H2,35,36,42). The number of hydrogen-bond acceptors (Lipinski definition) is 6. The number of nitrogen functional groups attached to an aromatic ring is 1. The molecule has 0 atom stereocenters. The number of esters is 1. The summed E-state index contributed by atoms with van der Waals surface area (Å²) in [5.74, 6) is 0.453. The molecule has 1 aliphatic heterocycles. The zero-order valence-electron chi connectivity index (χ0n) is 24.2. The van der Waals surface area contributed by atoms with E-state index in [9.17, 15) is 14.4 Å². The smallest absolute Gasteiger partial charge is 0.337 e. The molecule has 1 aliphatic rings. The molecule has 0 aliphatic carbocycles. The van der Waals surface area contributed by atoms with Gasteiger partial charge in [0.2, 0.25) is 0 Å². The highest BCUT2D eigenvalue weighted by Crippen LogP contribution is 2.21. The molecule has 2 heterocycles. The van der Waals surface area contributed by atoms with Crippen molar-refractivity contribution in [2.45, 2.75) is 31.7 Å². The molecule has 43 heavy (non-hydrogen) atoms. The fourth-order valence-corrected chi connectivity index (χ4v) is 5.32. The van der Waals surface area contributed by atoms with Crippen LogP contribution in [0.3, 0.4) is 0 Å². The van der Waals surface area contributed by atoms with Crippen LogP contribution < -0.4 is 16.4 Å². The number of methoxy groups -OCH3 is 1. The van der Waals surface area contributed by atoms with E-state index in [1.165, 1.54) is 7.11 Å². The number of ether oxygens (including phenoxy) is 1. The summed E-state index contributed by atoms with van der Waals surface area (Å²) in [6.45, 7) is 1.05. The maximum atomic E-state index is 13.3. The van der Waals surface area contributed by atoms with Gasteiger partial charge in [-0.1, -0.05) is 30.3 Å². The van der Waals surface area contributed by atoms with Gasteiger partial charge in [0.05, 0.1) is 23.7 Å². The summed E-state index contributed by atoms with van der Waals surface area (Å²) in [5.41, 5.74) is 10.6. The Morgan fingerprint density at radius 2 is 1.70 bits per heavy atom. The van der Waals surface area contributed by atoms with E-state index in [4.69, 9.17) is 20.9 Å². The van der Waals surface area contributed by atoms with Crippen molar-refractivity contribution < 1.29 is 19.1 Å². The summed E-state index contributed by atoms with van der Waals surface area (Å²) in [6, 6.07) is 19.4. The van der Waals surface area contributed by atoms with E-state index in [0.717, 1.165) is 35.3 Å². The van der Waals surface area contributed by atoms with E-state index in [1.54, 1.807) is 24.3 Å². The lowest BCUT2D eigenvalue weighted by Gasteiger charge is -2.32. The SMILES string of the molecule is COC(=O)c1cccc(NC(=O)NC2CCN(C(=O)c3ccc4c(c3)nc(CCc3ccc(C(=N)N)cc3)n4C)CC2)c1. The van der Waals surface area contributed by atoms with Crippen molar-refractivity contribution >= 4 is 40.5 Å². The Balaban J connectivity index is 1.15. The maximum absolute atomic E-state index is 13.3. The lowest BCUT2D eigenvalue weighted by Crippen LogP contribution is -2.47. The molecular weight excluding hydrogens is 546 g/mol. The zero-order chi connectivity index (χ0) is 30.5. The molecule has 0 saturated carbocycles. The number of aryl methyl sites for hydroxylation is 3. The molecule has 222 valence electrons. The summed E-state index contributed by atoms with van der Waals surface area (Å²) >= 11 is 0. The van der Waals surface area contributed by atoms with E-state index >= 15 is 0 Å². The van der Waals surface area contributed by atoms with Crippen LogP contribution in [0.1, 0.15) is 50.5 Å². The van der Waals surface area contributed by atoms with Crippen molar-refractivity contribution in [3.8, 4) is 0 Å². The minimum Gasteiger partial charge on any atom is -0.465 e. The number of hydrogen-bond donors (Lipinski definition) is 4. The Kier molecular flexibility index (Phi) is 8.70. The van der Waals surface area contributed by atoms with E-state index < -0.39 is 5.97 Å². The number of amidine groups is 1. The summed E-state index contributed by atoms with van der Waals surface area (Å²) in [6.07, 6.45) is 2.79. The number of fused-ring (bicyclic) bond motifs is 1. The maximum Gasteiger partial charge on any atom is 0.337 e. The number of benzene rings is 3. The number of nitrogens with one attached hydrogen (secondary N) is 3. The number of aromatic nitrogens is 2. The van der Waals surface area contributed by atoms with Gasteiger partial charge in [0.25, 0.3) is 5.91 Å². The summed E-state index contributed by atoms with van der Waals surface area (Å²) in [5, 5.41) is 13.3. The second-order valence-corrected chi connectivity index (χ2v) is 10.6. The van der Waals surface area contributed by atoms with E-state index in [-0.39, 0.29) is 23.8 Å². The number of carbonyl (C=O) groups excluding carboxylic acids is 3. The predicted octanol–water partition coefficient (Wildman–Crippen LogP) is 3.86. The van der Waals surface area contributed by atoms with E-state index in [0.29, 0.717) is 48.3 Å². The minimum atomic E-state index is -0.474. The van der Waals surface area contributed by atoms with Crippen molar-refractivity contribution in [1.82, 2.24) is 19.8 Å². The molecule has 1 fully saturated rings. The first-order chi connectivity index (χ1) is 20.7. The molecule has 3 aromatic carbocycles. The molecule has 11 nitrogen and oxygen atoms in total. The fourth-order valence-electron chi connectivity index (χ4n) is 5.32. The highest BCUT2D eigenvalue weighted by atomic mass is 16.5. The van der Waals surface area contributed by atoms with Crippen LogP contribution in [0.5, 0.6) is 0 Å². The number of amides is 3. The molecule has 1 saturated heterocycles. The van der Waals surface area contributed by atoms with Gasteiger partial charge in [-0.25, -0.2) is 14.6 Å². The fraction of sp³-hybridized carbons (Fsp3) is 0.281. The molecule has 0 unspecified atom stereocenters. The Bertz CT molecular complexity index is 1670. The van der Waals surface area contributed by atoms with E-state index in [2.05, 4.69) is 15.2 Å². The van der Waals surface area contributed by atoms with E-state index in [1.807, 2.05) is 54.4 Å². The van der Waals surface area contributed by atoms with Crippen molar-refractivity contribution in [3.63, 3.8) is 0 Å². The number of carbonyl (C=O) groups is 3. The number of anilines is 1. The van der Waals surface area contributed by atoms with Crippen LogP contribution in [0.2, 0.25) is 0 Å². The molecule has 5 N–H and O–H groups in total. The number of nitrogens with zero attached hydrogens (tertiary/aromatic N) is 3. The van der Waals surface area contributed by atoms with Crippen LogP contribution in [0.15, 0.2) is 66.7 Å². The normalized spacial score (nSPS) is 13.5. The molecule has 1 aromatic heterocycles. The van der Waals surface area contributed by atoms with Gasteiger partial charge < -0.3 is 30.6 Å². The van der Waals surface area contributed by atoms with Gasteiger partial charge in [-0.05, 0) is 61.2 Å². The third kappa shape index (κ3) is 6.83. The van der Waals surface area contributed by atoms with Crippen LogP contribution in [0, 0.1) is 5.41 Å². The predicted molar refractivity (Wildman–Crippen MR) is 164 cm³/mol. The lowest BCUT2D eigenvalue weighted by molar-refractivity contribution is 0.0600. The third-order valence-electron chi connectivity index (χ3n) is 7.78. The molecule has 3 amide bonds. The number of piperidine rings is 1. The lowest BCUT2D eigenvalue weighted by atomic mass is 10.0. The van der Waals surface area contributed by atoms with Crippen molar-refractivity contribution in [3.05, 3.63) is 94.8 Å². The number of rotatable bonds is 8. The Morgan fingerprint density at radius 1 is 0.977 bits per heavy atom. The van der Waals surface area contributed by atoms with Crippen LogP contribution >= 0.6 is 0 Å². The quantitative estimate of drug-likeness (QED) is 0.141. The van der Waals surface area contributed by atoms with Gasteiger partial charge in [-0.2, -0.15) is 0 Å². The van der Waals surface area contributed by atoms with Crippen LogP contribution in [0.25, 0.3) is 11.0 Å². The molecule has 4 aromatic rings. The first-order valence-corrected chi connectivity index (χ1v) is 14.2. The topological polar surface area (TPSA) is 155 Å². The number of urea groups is 1. The molecule has 0 bridgehead atoms. The van der Waals surface area contributed by atoms with Crippen LogP contribution in [-0.2, 0) is 24.6 Å². The average molecular weight is 582 g/mol. The van der Waals surface area contributed by atoms with Crippen molar-refractivity contribution in [2.75, 3.05) is 25.5 Å². The Labute approximate surface area is 249 Å². The number of nitrogens with two attached hydrogens (primary N) is 1. The molecule has 5 rings (SSSR count). The third-order valence-corrected chi connectivity index (χ3v) is 7.78. The summed E-state index contributed by atoms with van der Waals surface area (Å²) < 4.78 is 6.78. The first-order valence-electron chi connectivity index (χ1n) is 14.2. The van der Waals surface area contributed by atoms with Gasteiger partial charge in [0.1, 0.15) is 11.7 Å². The molecule has 0 spiro atoms. The largest absolute Gasteiger partial charge is 0.465 e.